The van der Waals surface area contributed by atoms with Gasteiger partial charge < -0.3 is 48.3 Å². The Morgan fingerprint density at radius 1 is 1.00 bits per heavy atom. The fraction of sp³-hybridized carbons (Fsp3) is 0.619. The zero-order valence-corrected chi connectivity index (χ0v) is 20.1. The lowest BCUT2D eigenvalue weighted by Gasteiger charge is -2.25. The fourth-order valence-electron chi connectivity index (χ4n) is 3.16. The van der Waals surface area contributed by atoms with Crippen LogP contribution in [0.4, 0.5) is 0 Å². The van der Waals surface area contributed by atoms with E-state index >= 15 is 0 Å². The van der Waals surface area contributed by atoms with Gasteiger partial charge in [-0.2, -0.15) is 0 Å². The van der Waals surface area contributed by atoms with Gasteiger partial charge >= 0.3 is 5.97 Å². The predicted molar refractivity (Wildman–Crippen MR) is 127 cm³/mol. The van der Waals surface area contributed by atoms with E-state index in [-0.39, 0.29) is 25.7 Å². The highest BCUT2D eigenvalue weighted by atomic mass is 16.4. The maximum absolute atomic E-state index is 13.0. The third-order valence-corrected chi connectivity index (χ3v) is 5.31. The van der Waals surface area contributed by atoms with Crippen molar-refractivity contribution in [1.82, 2.24) is 25.9 Å². The number of rotatable bonds is 17. The van der Waals surface area contributed by atoms with Crippen molar-refractivity contribution in [2.75, 3.05) is 6.54 Å². The quantitative estimate of drug-likeness (QED) is 0.0933. The summed E-state index contributed by atoms with van der Waals surface area (Å²) in [7, 11) is 0. The molecule has 15 nitrogen and oxygen atoms in total. The van der Waals surface area contributed by atoms with Crippen LogP contribution in [0.3, 0.4) is 0 Å². The second-order valence-corrected chi connectivity index (χ2v) is 8.36. The van der Waals surface area contributed by atoms with Crippen LogP contribution in [-0.4, -0.2) is 86.6 Å². The minimum Gasteiger partial charge on any atom is -0.480 e. The number of amides is 4. The highest BCUT2D eigenvalue weighted by molar-refractivity contribution is 5.94. The summed E-state index contributed by atoms with van der Waals surface area (Å²) in [5.41, 5.74) is 16.8. The number of carbonyl (C=O) groups is 5. The van der Waals surface area contributed by atoms with E-state index in [2.05, 4.69) is 25.9 Å². The molecule has 36 heavy (non-hydrogen) atoms. The van der Waals surface area contributed by atoms with E-state index in [0.717, 1.165) is 0 Å². The van der Waals surface area contributed by atoms with Gasteiger partial charge in [0.1, 0.15) is 24.2 Å². The molecule has 0 radical (unpaired) electrons. The van der Waals surface area contributed by atoms with Gasteiger partial charge in [0.2, 0.25) is 23.6 Å². The van der Waals surface area contributed by atoms with Gasteiger partial charge in [-0.15, -0.1) is 0 Å². The number of unbranched alkanes of at least 4 members (excludes halogenated alkanes) is 1. The predicted octanol–water partition coefficient (Wildman–Crippen LogP) is -3.41. The van der Waals surface area contributed by atoms with Gasteiger partial charge in [0, 0.05) is 24.7 Å². The minimum atomic E-state index is -1.35. The van der Waals surface area contributed by atoms with E-state index in [4.69, 9.17) is 17.2 Å². The highest BCUT2D eigenvalue weighted by Gasteiger charge is 2.31. The molecular formula is C21H36N8O7. The van der Waals surface area contributed by atoms with Crippen LogP contribution in [-0.2, 0) is 30.4 Å². The Balaban J connectivity index is 3.01. The summed E-state index contributed by atoms with van der Waals surface area (Å²) in [5, 5.41) is 26.3. The zero-order valence-electron chi connectivity index (χ0n) is 20.1. The average Bonchev–Trinajstić information content (AvgIpc) is 3.32. The summed E-state index contributed by atoms with van der Waals surface area (Å²) < 4.78 is 0. The van der Waals surface area contributed by atoms with E-state index in [1.165, 1.54) is 19.4 Å². The number of hydrogen-bond donors (Lipinski definition) is 9. The maximum atomic E-state index is 13.0. The van der Waals surface area contributed by atoms with E-state index in [0.29, 0.717) is 25.1 Å². The minimum absolute atomic E-state index is 0.105. The molecule has 0 bridgehead atoms. The largest absolute Gasteiger partial charge is 0.480 e. The lowest BCUT2D eigenvalue weighted by molar-refractivity contribution is -0.142. The second-order valence-electron chi connectivity index (χ2n) is 8.36. The van der Waals surface area contributed by atoms with Crippen molar-refractivity contribution >= 4 is 29.6 Å². The number of primary amides is 1. The second kappa shape index (κ2) is 15.4. The summed E-state index contributed by atoms with van der Waals surface area (Å²) in [4.78, 5) is 67.8. The molecule has 5 unspecified atom stereocenters. The first-order valence-electron chi connectivity index (χ1n) is 11.5. The van der Waals surface area contributed by atoms with Crippen molar-refractivity contribution in [2.45, 2.75) is 75.7 Å². The van der Waals surface area contributed by atoms with E-state index in [1.807, 2.05) is 0 Å². The van der Waals surface area contributed by atoms with Gasteiger partial charge in [0.15, 0.2) is 0 Å². The van der Waals surface area contributed by atoms with E-state index < -0.39 is 59.9 Å². The number of nitrogens with one attached hydrogen (secondary N) is 4. The number of hydrogen-bond acceptors (Lipinski definition) is 9. The van der Waals surface area contributed by atoms with Gasteiger partial charge in [-0.3, -0.25) is 19.2 Å². The third kappa shape index (κ3) is 10.8. The molecule has 0 saturated carbocycles. The molecule has 0 aliphatic rings. The summed E-state index contributed by atoms with van der Waals surface area (Å²) >= 11 is 0. The summed E-state index contributed by atoms with van der Waals surface area (Å²) in [6.07, 6.45) is 2.18. The van der Waals surface area contributed by atoms with Crippen LogP contribution in [0.25, 0.3) is 0 Å². The van der Waals surface area contributed by atoms with Gasteiger partial charge in [-0.05, 0) is 39.2 Å². The van der Waals surface area contributed by atoms with Crippen molar-refractivity contribution in [3.05, 3.63) is 18.2 Å². The molecule has 0 spiro atoms. The van der Waals surface area contributed by atoms with Crippen molar-refractivity contribution in [2.24, 2.45) is 17.2 Å². The molecule has 202 valence electrons. The molecule has 1 heterocycles. The molecule has 0 aromatic carbocycles. The fourth-order valence-corrected chi connectivity index (χ4v) is 3.16. The Bertz CT molecular complexity index is 878. The number of imidazole rings is 1. The van der Waals surface area contributed by atoms with Crippen LogP contribution in [0.5, 0.6) is 0 Å². The van der Waals surface area contributed by atoms with Crippen LogP contribution in [0.15, 0.2) is 12.5 Å². The number of aliphatic hydroxyl groups is 1. The topological polar surface area (TPSA) is 269 Å². The molecule has 1 aromatic heterocycles. The lowest BCUT2D eigenvalue weighted by atomic mass is 10.0. The Labute approximate surface area is 207 Å². The molecular weight excluding hydrogens is 476 g/mol. The van der Waals surface area contributed by atoms with Gasteiger partial charge in [-0.25, -0.2) is 9.78 Å². The van der Waals surface area contributed by atoms with Crippen LogP contribution < -0.4 is 33.2 Å². The molecule has 0 aliphatic heterocycles. The van der Waals surface area contributed by atoms with Crippen LogP contribution in [0, 0.1) is 0 Å². The molecule has 12 N–H and O–H groups in total. The Kier molecular flexibility index (Phi) is 13.1. The summed E-state index contributed by atoms with van der Waals surface area (Å²) in [6.45, 7) is 1.67. The average molecular weight is 513 g/mol. The summed E-state index contributed by atoms with van der Waals surface area (Å²) in [6, 6.07) is -5.09. The normalized spacial score (nSPS) is 15.1. The van der Waals surface area contributed by atoms with E-state index in [1.54, 1.807) is 0 Å². The van der Waals surface area contributed by atoms with Crippen LogP contribution in [0.2, 0.25) is 0 Å². The Hall–Kier alpha value is -3.56. The molecule has 1 aromatic rings. The molecule has 0 aliphatic carbocycles. The van der Waals surface area contributed by atoms with Crippen LogP contribution >= 0.6 is 0 Å². The number of nitrogens with zero attached hydrogens (tertiary/aromatic N) is 1. The number of aromatic amines is 1. The first-order valence-corrected chi connectivity index (χ1v) is 11.5. The Morgan fingerprint density at radius 2 is 1.58 bits per heavy atom. The Morgan fingerprint density at radius 3 is 2.08 bits per heavy atom. The van der Waals surface area contributed by atoms with Gasteiger partial charge in [-0.1, -0.05) is 0 Å². The standard InChI is InChI=1S/C21H36N8O7/c1-11(30)17(24)20(34)28-13(4-2-3-7-22)18(32)27-14(5-6-16(23)31)19(33)29-15(21(35)36)8-12-9-25-10-26-12/h9-11,13-15,17,30H,2-8,22,24H2,1H3,(H2,23,31)(H,25,26)(H,27,32)(H,28,34)(H,29,33)(H,35,36). The number of aliphatic hydroxyl groups excluding tert-OH is 1. The molecule has 15 heteroatoms. The number of H-pyrrole nitrogens is 1. The SMILES string of the molecule is CC(O)C(N)C(=O)NC(CCCCN)C(=O)NC(CCC(N)=O)C(=O)NC(Cc1cnc[nH]1)C(=O)O. The first kappa shape index (κ1) is 30.5. The number of nitrogens with two attached hydrogens (primary N) is 3. The smallest absolute Gasteiger partial charge is 0.326 e. The maximum Gasteiger partial charge on any atom is 0.326 e. The molecule has 0 saturated heterocycles. The molecule has 0 fully saturated rings. The monoisotopic (exact) mass is 512 g/mol. The van der Waals surface area contributed by atoms with Crippen molar-refractivity contribution < 1.29 is 34.2 Å². The number of aliphatic carboxylic acids is 1. The molecule has 1 rings (SSSR count). The summed E-state index contributed by atoms with van der Waals surface area (Å²) in [5.74, 6) is -4.45. The van der Waals surface area contributed by atoms with Crippen molar-refractivity contribution in [1.29, 1.82) is 0 Å². The number of aromatic nitrogens is 2. The van der Waals surface area contributed by atoms with Gasteiger partial charge in [0.05, 0.1) is 12.4 Å². The van der Waals surface area contributed by atoms with Crippen LogP contribution in [0.1, 0.15) is 44.7 Å². The number of carboxylic acids is 1. The zero-order chi connectivity index (χ0) is 27.3. The van der Waals surface area contributed by atoms with Crippen molar-refractivity contribution in [3.63, 3.8) is 0 Å². The van der Waals surface area contributed by atoms with E-state index in [9.17, 15) is 34.2 Å². The highest BCUT2D eigenvalue weighted by Crippen LogP contribution is 2.06. The number of carboxylic acid groups (broad SMARTS) is 1. The van der Waals surface area contributed by atoms with Gasteiger partial charge in [0.25, 0.3) is 0 Å². The lowest BCUT2D eigenvalue weighted by Crippen LogP contribution is -2.58. The third-order valence-electron chi connectivity index (χ3n) is 5.31. The van der Waals surface area contributed by atoms with Crippen molar-refractivity contribution in [3.8, 4) is 0 Å². The number of carbonyl (C=O) groups excluding carboxylic acids is 4. The molecule has 4 amide bonds. The first-order chi connectivity index (χ1) is 17.0. The molecule has 5 atom stereocenters.